The number of anilines is 1. The SMILES string of the molecule is NC1C2CCCOC2C1Nc1ncnc2ccccc12. The Morgan fingerprint density at radius 2 is 2.15 bits per heavy atom. The van der Waals surface area contributed by atoms with Gasteiger partial charge in [-0.25, -0.2) is 9.97 Å². The second kappa shape index (κ2) is 4.68. The molecule has 0 spiro atoms. The van der Waals surface area contributed by atoms with E-state index in [0.717, 1.165) is 29.7 Å². The number of nitrogens with zero attached hydrogens (tertiary/aromatic N) is 2. The zero-order valence-corrected chi connectivity index (χ0v) is 11.2. The molecule has 1 aromatic heterocycles. The van der Waals surface area contributed by atoms with E-state index in [4.69, 9.17) is 10.5 Å². The summed E-state index contributed by atoms with van der Waals surface area (Å²) in [6.45, 7) is 0.844. The van der Waals surface area contributed by atoms with E-state index < -0.39 is 0 Å². The lowest BCUT2D eigenvalue weighted by Crippen LogP contribution is -2.69. The number of benzene rings is 1. The largest absolute Gasteiger partial charge is 0.376 e. The van der Waals surface area contributed by atoms with Gasteiger partial charge in [-0.3, -0.25) is 0 Å². The van der Waals surface area contributed by atoms with Crippen LogP contribution in [-0.4, -0.2) is 34.8 Å². The Labute approximate surface area is 117 Å². The van der Waals surface area contributed by atoms with Gasteiger partial charge in [-0.2, -0.15) is 0 Å². The number of ether oxygens (including phenoxy) is 1. The number of hydrogen-bond donors (Lipinski definition) is 2. The molecule has 104 valence electrons. The molecule has 4 atom stereocenters. The minimum Gasteiger partial charge on any atom is -0.376 e. The third-order valence-corrected chi connectivity index (χ3v) is 4.52. The van der Waals surface area contributed by atoms with Gasteiger partial charge in [-0.15, -0.1) is 0 Å². The molecule has 2 aliphatic rings. The van der Waals surface area contributed by atoms with Crippen LogP contribution in [0.2, 0.25) is 0 Å². The summed E-state index contributed by atoms with van der Waals surface area (Å²) >= 11 is 0. The third-order valence-electron chi connectivity index (χ3n) is 4.52. The summed E-state index contributed by atoms with van der Waals surface area (Å²) in [6.07, 6.45) is 4.12. The Balaban J connectivity index is 1.62. The fourth-order valence-corrected chi connectivity index (χ4v) is 3.40. The third kappa shape index (κ3) is 1.77. The molecule has 5 heteroatoms. The van der Waals surface area contributed by atoms with Crippen molar-refractivity contribution in [1.29, 1.82) is 0 Å². The van der Waals surface area contributed by atoms with Crippen LogP contribution >= 0.6 is 0 Å². The fourth-order valence-electron chi connectivity index (χ4n) is 3.40. The summed E-state index contributed by atoms with van der Waals surface area (Å²) in [4.78, 5) is 8.65. The zero-order valence-electron chi connectivity index (χ0n) is 11.2. The lowest BCUT2D eigenvalue weighted by molar-refractivity contribution is -0.104. The molecule has 1 saturated heterocycles. The average Bonchev–Trinajstić information content (AvgIpc) is 2.52. The molecule has 20 heavy (non-hydrogen) atoms. The highest BCUT2D eigenvalue weighted by molar-refractivity contribution is 5.88. The highest BCUT2D eigenvalue weighted by Gasteiger charge is 2.50. The standard InChI is InChI=1S/C15H18N4O/c16-12-10-5-3-7-20-14(10)13(12)19-15-9-4-1-2-6-11(9)17-8-18-15/h1-2,4,6,8,10,12-14H,3,5,7,16H2,(H,17,18,19). The molecule has 1 saturated carbocycles. The molecule has 3 N–H and O–H groups in total. The Hall–Kier alpha value is -1.72. The number of fused-ring (bicyclic) bond motifs is 2. The first-order valence-electron chi connectivity index (χ1n) is 7.18. The topological polar surface area (TPSA) is 73.1 Å². The lowest BCUT2D eigenvalue weighted by atomic mass is 9.68. The predicted molar refractivity (Wildman–Crippen MR) is 77.4 cm³/mol. The molecule has 4 unspecified atom stereocenters. The maximum atomic E-state index is 6.28. The van der Waals surface area contributed by atoms with E-state index in [1.165, 1.54) is 6.42 Å². The fraction of sp³-hybridized carbons (Fsp3) is 0.467. The van der Waals surface area contributed by atoms with Crippen molar-refractivity contribution in [3.8, 4) is 0 Å². The van der Waals surface area contributed by atoms with Crippen molar-refractivity contribution in [3.05, 3.63) is 30.6 Å². The van der Waals surface area contributed by atoms with Crippen molar-refractivity contribution in [2.45, 2.75) is 31.0 Å². The molecule has 2 fully saturated rings. The molecule has 5 nitrogen and oxygen atoms in total. The molecule has 4 rings (SSSR count). The number of rotatable bonds is 2. The van der Waals surface area contributed by atoms with Gasteiger partial charge in [0, 0.05) is 24.0 Å². The summed E-state index contributed by atoms with van der Waals surface area (Å²) in [5, 5.41) is 4.50. The van der Waals surface area contributed by atoms with Gasteiger partial charge < -0.3 is 15.8 Å². The van der Waals surface area contributed by atoms with Crippen LogP contribution in [0.5, 0.6) is 0 Å². The van der Waals surface area contributed by atoms with Crippen molar-refractivity contribution in [3.63, 3.8) is 0 Å². The summed E-state index contributed by atoms with van der Waals surface area (Å²) in [7, 11) is 0. The molecule has 0 radical (unpaired) electrons. The predicted octanol–water partition coefficient (Wildman–Crippen LogP) is 1.55. The van der Waals surface area contributed by atoms with Crippen LogP contribution in [0.25, 0.3) is 10.9 Å². The molecule has 2 heterocycles. The first-order chi connectivity index (χ1) is 9.84. The second-order valence-electron chi connectivity index (χ2n) is 5.63. The van der Waals surface area contributed by atoms with E-state index in [1.807, 2.05) is 24.3 Å². The van der Waals surface area contributed by atoms with Crippen LogP contribution in [0, 0.1) is 5.92 Å². The lowest BCUT2D eigenvalue weighted by Gasteiger charge is -2.52. The number of aromatic nitrogens is 2. The minimum absolute atomic E-state index is 0.147. The van der Waals surface area contributed by atoms with E-state index in [0.29, 0.717) is 5.92 Å². The van der Waals surface area contributed by atoms with Crippen molar-refractivity contribution in [1.82, 2.24) is 9.97 Å². The van der Waals surface area contributed by atoms with E-state index in [9.17, 15) is 0 Å². The van der Waals surface area contributed by atoms with Crippen molar-refractivity contribution in [2.24, 2.45) is 11.7 Å². The van der Waals surface area contributed by atoms with Crippen LogP contribution in [0.3, 0.4) is 0 Å². The normalized spacial score (nSPS) is 32.5. The Kier molecular flexibility index (Phi) is 2.82. The monoisotopic (exact) mass is 270 g/mol. The van der Waals surface area contributed by atoms with Crippen LogP contribution in [-0.2, 0) is 4.74 Å². The number of nitrogens with one attached hydrogen (secondary N) is 1. The van der Waals surface area contributed by atoms with E-state index in [2.05, 4.69) is 15.3 Å². The minimum atomic E-state index is 0.147. The Morgan fingerprint density at radius 1 is 1.25 bits per heavy atom. The van der Waals surface area contributed by atoms with Gasteiger partial charge in [-0.1, -0.05) is 12.1 Å². The van der Waals surface area contributed by atoms with Crippen molar-refractivity contribution >= 4 is 16.7 Å². The molecule has 0 bridgehead atoms. The van der Waals surface area contributed by atoms with Crippen LogP contribution in [0.4, 0.5) is 5.82 Å². The van der Waals surface area contributed by atoms with E-state index in [1.54, 1.807) is 6.33 Å². The van der Waals surface area contributed by atoms with Crippen molar-refractivity contribution < 1.29 is 4.74 Å². The van der Waals surface area contributed by atoms with E-state index in [-0.39, 0.29) is 18.2 Å². The smallest absolute Gasteiger partial charge is 0.137 e. The van der Waals surface area contributed by atoms with Gasteiger partial charge in [-0.05, 0) is 25.0 Å². The van der Waals surface area contributed by atoms with Gasteiger partial charge in [0.15, 0.2) is 0 Å². The molecule has 1 aliphatic heterocycles. The summed E-state index contributed by atoms with van der Waals surface area (Å²) < 4.78 is 5.86. The second-order valence-corrected chi connectivity index (χ2v) is 5.63. The van der Waals surface area contributed by atoms with E-state index >= 15 is 0 Å². The van der Waals surface area contributed by atoms with Crippen LogP contribution in [0.15, 0.2) is 30.6 Å². The summed E-state index contributed by atoms with van der Waals surface area (Å²) in [5.41, 5.74) is 7.23. The van der Waals surface area contributed by atoms with Gasteiger partial charge in [0.05, 0.1) is 17.7 Å². The first kappa shape index (κ1) is 12.1. The highest BCUT2D eigenvalue weighted by Crippen LogP contribution is 2.38. The number of para-hydroxylation sites is 1. The van der Waals surface area contributed by atoms with Gasteiger partial charge >= 0.3 is 0 Å². The molecular formula is C15H18N4O. The highest BCUT2D eigenvalue weighted by atomic mass is 16.5. The molecule has 1 aliphatic carbocycles. The number of nitrogens with two attached hydrogens (primary N) is 1. The molecule has 1 aromatic carbocycles. The van der Waals surface area contributed by atoms with Crippen LogP contribution in [0.1, 0.15) is 12.8 Å². The van der Waals surface area contributed by atoms with Gasteiger partial charge in [0.25, 0.3) is 0 Å². The molecular weight excluding hydrogens is 252 g/mol. The first-order valence-corrected chi connectivity index (χ1v) is 7.18. The maximum absolute atomic E-state index is 6.28. The molecule has 0 amide bonds. The summed E-state index contributed by atoms with van der Waals surface area (Å²) in [5.74, 6) is 1.35. The number of hydrogen-bond acceptors (Lipinski definition) is 5. The van der Waals surface area contributed by atoms with Gasteiger partial charge in [0.2, 0.25) is 0 Å². The zero-order chi connectivity index (χ0) is 13.5. The Morgan fingerprint density at radius 3 is 3.10 bits per heavy atom. The average molecular weight is 270 g/mol. The van der Waals surface area contributed by atoms with Crippen molar-refractivity contribution in [2.75, 3.05) is 11.9 Å². The van der Waals surface area contributed by atoms with Gasteiger partial charge in [0.1, 0.15) is 12.1 Å². The van der Waals surface area contributed by atoms with Crippen LogP contribution < -0.4 is 11.1 Å². The quantitative estimate of drug-likeness (QED) is 0.866. The Bertz CT molecular complexity index is 627. The summed E-state index contributed by atoms with van der Waals surface area (Å²) in [6, 6.07) is 8.29. The maximum Gasteiger partial charge on any atom is 0.137 e. The molecule has 2 aromatic rings.